The lowest BCUT2D eigenvalue weighted by Gasteiger charge is -2.25. The number of carboxylic acids is 1. The molecule has 0 heterocycles. The topological polar surface area (TPSA) is 66.8 Å². The first kappa shape index (κ1) is 14.5. The minimum atomic E-state index is -0.947. The quantitative estimate of drug-likeness (QED) is 0.816. The van der Waals surface area contributed by atoms with E-state index in [-0.39, 0.29) is 12.2 Å². The fraction of sp³-hybridized carbons (Fsp3) is 0.500. The average Bonchev–Trinajstić information content (AvgIpc) is 2.35. The van der Waals surface area contributed by atoms with Crippen molar-refractivity contribution in [2.24, 2.45) is 0 Å². The fourth-order valence-corrected chi connectivity index (χ4v) is 1.64. The molecule has 4 nitrogen and oxygen atoms in total. The van der Waals surface area contributed by atoms with Gasteiger partial charge in [-0.1, -0.05) is 13.8 Å². The van der Waals surface area contributed by atoms with Crippen molar-refractivity contribution in [2.45, 2.75) is 39.2 Å². The van der Waals surface area contributed by atoms with Crippen molar-refractivity contribution in [3.63, 3.8) is 0 Å². The summed E-state index contributed by atoms with van der Waals surface area (Å²) in [6.45, 7) is 5.76. The van der Waals surface area contributed by atoms with Crippen molar-refractivity contribution < 1.29 is 19.7 Å². The van der Waals surface area contributed by atoms with E-state index in [9.17, 15) is 9.90 Å². The van der Waals surface area contributed by atoms with Gasteiger partial charge >= 0.3 is 5.97 Å². The molecule has 0 fully saturated rings. The molecule has 18 heavy (non-hydrogen) atoms. The van der Waals surface area contributed by atoms with Gasteiger partial charge in [0.2, 0.25) is 0 Å². The normalized spacial score (nSPS) is 11.3. The SMILES string of the molecule is CCC(O)(CC)COc1ccc(C(=O)O)c(C)c1. The molecule has 1 aromatic carbocycles. The molecule has 0 atom stereocenters. The second-order valence-corrected chi connectivity index (χ2v) is 4.50. The number of carbonyl (C=O) groups is 1. The van der Waals surface area contributed by atoms with Crippen LogP contribution in [0.3, 0.4) is 0 Å². The van der Waals surface area contributed by atoms with Crippen LogP contribution in [0.1, 0.15) is 42.6 Å². The molecule has 0 radical (unpaired) electrons. The van der Waals surface area contributed by atoms with Crippen molar-refractivity contribution in [1.29, 1.82) is 0 Å². The third-order valence-corrected chi connectivity index (χ3v) is 3.25. The van der Waals surface area contributed by atoms with Gasteiger partial charge in [-0.25, -0.2) is 4.79 Å². The zero-order valence-corrected chi connectivity index (χ0v) is 11.1. The minimum Gasteiger partial charge on any atom is -0.491 e. The number of hydrogen-bond donors (Lipinski definition) is 2. The van der Waals surface area contributed by atoms with Crippen LogP contribution in [-0.4, -0.2) is 28.4 Å². The van der Waals surface area contributed by atoms with Gasteiger partial charge in [0.15, 0.2) is 0 Å². The highest BCUT2D eigenvalue weighted by molar-refractivity contribution is 5.89. The Kier molecular flexibility index (Phi) is 4.73. The van der Waals surface area contributed by atoms with Crippen molar-refractivity contribution in [3.05, 3.63) is 29.3 Å². The smallest absolute Gasteiger partial charge is 0.335 e. The summed E-state index contributed by atoms with van der Waals surface area (Å²) >= 11 is 0. The van der Waals surface area contributed by atoms with E-state index in [1.807, 2.05) is 13.8 Å². The van der Waals surface area contributed by atoms with Crippen LogP contribution < -0.4 is 4.74 Å². The summed E-state index contributed by atoms with van der Waals surface area (Å²) in [4.78, 5) is 10.9. The molecule has 0 saturated heterocycles. The standard InChI is InChI=1S/C14H20O4/c1-4-14(17,5-2)9-18-11-6-7-12(13(15)16)10(3)8-11/h6-8,17H,4-5,9H2,1-3H3,(H,15,16). The number of aliphatic hydroxyl groups is 1. The van der Waals surface area contributed by atoms with Crippen molar-refractivity contribution in [3.8, 4) is 5.75 Å². The maximum absolute atomic E-state index is 10.9. The first-order valence-electron chi connectivity index (χ1n) is 6.11. The summed E-state index contributed by atoms with van der Waals surface area (Å²) in [6.07, 6.45) is 1.24. The Morgan fingerprint density at radius 1 is 1.33 bits per heavy atom. The molecule has 0 spiro atoms. The Bertz CT molecular complexity index is 422. The molecule has 0 aliphatic heterocycles. The number of aromatic carboxylic acids is 1. The van der Waals surface area contributed by atoms with Gasteiger partial charge in [0.25, 0.3) is 0 Å². The summed E-state index contributed by atoms with van der Waals surface area (Å²) in [5.41, 5.74) is 0.0967. The van der Waals surface area contributed by atoms with Crippen LogP contribution in [0.2, 0.25) is 0 Å². The molecule has 0 aliphatic carbocycles. The van der Waals surface area contributed by atoms with Crippen LogP contribution in [0.4, 0.5) is 0 Å². The van der Waals surface area contributed by atoms with Crippen LogP contribution in [0.15, 0.2) is 18.2 Å². The van der Waals surface area contributed by atoms with E-state index in [2.05, 4.69) is 0 Å². The summed E-state index contributed by atoms with van der Waals surface area (Å²) in [5, 5.41) is 19.0. The molecule has 0 saturated carbocycles. The monoisotopic (exact) mass is 252 g/mol. The van der Waals surface area contributed by atoms with E-state index in [0.717, 1.165) is 0 Å². The second-order valence-electron chi connectivity index (χ2n) is 4.50. The number of hydrogen-bond acceptors (Lipinski definition) is 3. The number of aryl methyl sites for hydroxylation is 1. The summed E-state index contributed by atoms with van der Waals surface area (Å²) < 4.78 is 5.53. The number of benzene rings is 1. The van der Waals surface area contributed by atoms with Gasteiger partial charge in [0.05, 0.1) is 11.2 Å². The summed E-state index contributed by atoms with van der Waals surface area (Å²) in [6, 6.07) is 4.81. The molecule has 0 unspecified atom stereocenters. The lowest BCUT2D eigenvalue weighted by Crippen LogP contribution is -2.34. The van der Waals surface area contributed by atoms with Gasteiger partial charge in [-0.3, -0.25) is 0 Å². The van der Waals surface area contributed by atoms with E-state index in [1.54, 1.807) is 19.1 Å². The van der Waals surface area contributed by atoms with Crippen molar-refractivity contribution >= 4 is 5.97 Å². The Morgan fingerprint density at radius 3 is 2.39 bits per heavy atom. The van der Waals surface area contributed by atoms with Gasteiger partial charge in [0.1, 0.15) is 12.4 Å². The van der Waals surface area contributed by atoms with Crippen molar-refractivity contribution in [1.82, 2.24) is 0 Å². The van der Waals surface area contributed by atoms with E-state index in [4.69, 9.17) is 9.84 Å². The zero-order chi connectivity index (χ0) is 13.8. The number of rotatable bonds is 6. The first-order chi connectivity index (χ1) is 8.41. The Balaban J connectivity index is 2.75. The van der Waals surface area contributed by atoms with Crippen LogP contribution in [0.25, 0.3) is 0 Å². The molecular weight excluding hydrogens is 232 g/mol. The average molecular weight is 252 g/mol. The molecule has 0 amide bonds. The third kappa shape index (κ3) is 3.47. The van der Waals surface area contributed by atoms with Crippen LogP contribution in [0.5, 0.6) is 5.75 Å². The number of ether oxygens (including phenoxy) is 1. The minimum absolute atomic E-state index is 0.214. The highest BCUT2D eigenvalue weighted by atomic mass is 16.5. The van der Waals surface area contributed by atoms with E-state index in [1.165, 1.54) is 6.07 Å². The first-order valence-corrected chi connectivity index (χ1v) is 6.11. The van der Waals surface area contributed by atoms with Crippen LogP contribution in [-0.2, 0) is 0 Å². The lowest BCUT2D eigenvalue weighted by atomic mass is 9.99. The van der Waals surface area contributed by atoms with Gasteiger partial charge in [-0.05, 0) is 43.5 Å². The summed E-state index contributed by atoms with van der Waals surface area (Å²) in [5.74, 6) is -0.365. The van der Waals surface area contributed by atoms with E-state index >= 15 is 0 Å². The second kappa shape index (κ2) is 5.87. The molecular formula is C14H20O4. The molecule has 0 aromatic heterocycles. The Hall–Kier alpha value is -1.55. The van der Waals surface area contributed by atoms with Crippen LogP contribution in [0, 0.1) is 6.92 Å². The Morgan fingerprint density at radius 2 is 1.94 bits per heavy atom. The lowest BCUT2D eigenvalue weighted by molar-refractivity contribution is -0.0113. The summed E-state index contributed by atoms with van der Waals surface area (Å²) in [7, 11) is 0. The molecule has 4 heteroatoms. The van der Waals surface area contributed by atoms with Crippen molar-refractivity contribution in [2.75, 3.05) is 6.61 Å². The molecule has 0 bridgehead atoms. The van der Waals surface area contributed by atoms with E-state index in [0.29, 0.717) is 24.2 Å². The third-order valence-electron chi connectivity index (χ3n) is 3.25. The largest absolute Gasteiger partial charge is 0.491 e. The highest BCUT2D eigenvalue weighted by Crippen LogP contribution is 2.21. The fourth-order valence-electron chi connectivity index (χ4n) is 1.64. The van der Waals surface area contributed by atoms with Gasteiger partial charge in [-0.2, -0.15) is 0 Å². The maximum atomic E-state index is 10.9. The van der Waals surface area contributed by atoms with Crippen LogP contribution >= 0.6 is 0 Å². The van der Waals surface area contributed by atoms with Gasteiger partial charge < -0.3 is 14.9 Å². The highest BCUT2D eigenvalue weighted by Gasteiger charge is 2.23. The maximum Gasteiger partial charge on any atom is 0.335 e. The molecule has 100 valence electrons. The van der Waals surface area contributed by atoms with Gasteiger partial charge in [-0.15, -0.1) is 0 Å². The molecule has 1 rings (SSSR count). The molecule has 1 aromatic rings. The number of carboxylic acid groups (broad SMARTS) is 1. The molecule has 2 N–H and O–H groups in total. The predicted octanol–water partition coefficient (Wildman–Crippen LogP) is 2.62. The van der Waals surface area contributed by atoms with E-state index < -0.39 is 11.6 Å². The zero-order valence-electron chi connectivity index (χ0n) is 11.1. The van der Waals surface area contributed by atoms with Gasteiger partial charge in [0, 0.05) is 0 Å². The predicted molar refractivity (Wildman–Crippen MR) is 69.2 cm³/mol. The molecule has 0 aliphatic rings. The Labute approximate surface area is 107 Å².